The summed E-state index contributed by atoms with van der Waals surface area (Å²) in [6.07, 6.45) is 6.12. The predicted molar refractivity (Wildman–Crippen MR) is 131 cm³/mol. The lowest BCUT2D eigenvalue weighted by Gasteiger charge is -2.13. The first-order valence-corrected chi connectivity index (χ1v) is 12.0. The number of aromatic nitrogens is 2. The Hall–Kier alpha value is -4.03. The Bertz CT molecular complexity index is 1520. The van der Waals surface area contributed by atoms with Crippen LogP contribution in [-0.2, 0) is 16.4 Å². The number of anilines is 1. The molecular formula is C27H21N3O2S. The summed E-state index contributed by atoms with van der Waals surface area (Å²) in [6.45, 7) is 0. The van der Waals surface area contributed by atoms with Gasteiger partial charge in [0.05, 0.1) is 10.4 Å². The summed E-state index contributed by atoms with van der Waals surface area (Å²) < 4.78 is 28.3. The lowest BCUT2D eigenvalue weighted by atomic mass is 9.96. The van der Waals surface area contributed by atoms with Crippen LogP contribution < -0.4 is 4.72 Å². The number of hydrogen-bond acceptors (Lipinski definition) is 4. The molecule has 0 aliphatic heterocycles. The van der Waals surface area contributed by atoms with E-state index in [9.17, 15) is 8.42 Å². The van der Waals surface area contributed by atoms with Gasteiger partial charge in [-0.2, -0.15) is 0 Å². The maximum absolute atomic E-state index is 12.8. The smallest absolute Gasteiger partial charge is 0.261 e. The molecule has 33 heavy (non-hydrogen) atoms. The van der Waals surface area contributed by atoms with Crippen LogP contribution in [0.3, 0.4) is 0 Å². The average molecular weight is 452 g/mol. The van der Waals surface area contributed by atoms with E-state index >= 15 is 0 Å². The van der Waals surface area contributed by atoms with Crippen molar-refractivity contribution in [1.29, 1.82) is 0 Å². The van der Waals surface area contributed by atoms with Crippen molar-refractivity contribution in [3.63, 3.8) is 0 Å². The lowest BCUT2D eigenvalue weighted by Crippen LogP contribution is -2.12. The van der Waals surface area contributed by atoms with E-state index in [1.807, 2.05) is 42.5 Å². The van der Waals surface area contributed by atoms with E-state index in [4.69, 9.17) is 0 Å². The third-order valence-corrected chi connectivity index (χ3v) is 6.80. The van der Waals surface area contributed by atoms with Crippen molar-refractivity contribution in [1.82, 2.24) is 9.97 Å². The maximum atomic E-state index is 12.8. The van der Waals surface area contributed by atoms with Crippen LogP contribution in [0.1, 0.15) is 11.1 Å². The second kappa shape index (κ2) is 8.84. The van der Waals surface area contributed by atoms with Crippen LogP contribution in [-0.4, -0.2) is 18.4 Å². The molecule has 0 amide bonds. The molecule has 0 radical (unpaired) electrons. The number of fused-ring (bicyclic) bond motifs is 1. The van der Waals surface area contributed by atoms with E-state index in [-0.39, 0.29) is 4.90 Å². The molecule has 5 nitrogen and oxygen atoms in total. The monoisotopic (exact) mass is 451 g/mol. The fraction of sp³-hybridized carbons (Fsp3) is 0.0370. The zero-order chi connectivity index (χ0) is 22.7. The highest BCUT2D eigenvalue weighted by atomic mass is 32.2. The summed E-state index contributed by atoms with van der Waals surface area (Å²) in [6, 6.07) is 28.0. The first-order valence-electron chi connectivity index (χ1n) is 10.5. The van der Waals surface area contributed by atoms with Crippen LogP contribution in [0.4, 0.5) is 5.69 Å². The molecule has 6 heteroatoms. The third-order valence-electron chi connectivity index (χ3n) is 5.40. The Morgan fingerprint density at radius 1 is 0.727 bits per heavy atom. The van der Waals surface area contributed by atoms with Gasteiger partial charge < -0.3 is 0 Å². The Kier molecular flexibility index (Phi) is 5.59. The minimum Gasteiger partial charge on any atom is -0.280 e. The Labute approximate surface area is 192 Å². The van der Waals surface area contributed by atoms with Gasteiger partial charge >= 0.3 is 0 Å². The molecule has 0 aliphatic rings. The van der Waals surface area contributed by atoms with Gasteiger partial charge in [0.25, 0.3) is 10.0 Å². The first kappa shape index (κ1) is 20.8. The number of hydrogen-bond donors (Lipinski definition) is 1. The Morgan fingerprint density at radius 2 is 1.55 bits per heavy atom. The minimum atomic E-state index is -3.68. The van der Waals surface area contributed by atoms with Crippen LogP contribution in [0.5, 0.6) is 0 Å². The summed E-state index contributed by atoms with van der Waals surface area (Å²) in [4.78, 5) is 8.93. The molecule has 0 bridgehead atoms. The summed E-state index contributed by atoms with van der Waals surface area (Å²) in [5, 5.41) is 1.04. The molecule has 5 aromatic rings. The van der Waals surface area contributed by atoms with E-state index in [0.29, 0.717) is 5.69 Å². The average Bonchev–Trinajstić information content (AvgIpc) is 2.85. The van der Waals surface area contributed by atoms with Crippen molar-refractivity contribution < 1.29 is 8.42 Å². The second-order valence-electron chi connectivity index (χ2n) is 7.75. The van der Waals surface area contributed by atoms with Crippen molar-refractivity contribution in [3.8, 4) is 11.1 Å². The molecule has 3 aromatic carbocycles. The maximum Gasteiger partial charge on any atom is 0.261 e. The molecule has 0 atom stereocenters. The van der Waals surface area contributed by atoms with E-state index in [1.54, 1.807) is 55.0 Å². The van der Waals surface area contributed by atoms with Gasteiger partial charge in [-0.15, -0.1) is 0 Å². The third kappa shape index (κ3) is 4.61. The van der Waals surface area contributed by atoms with E-state index in [0.717, 1.165) is 34.0 Å². The van der Waals surface area contributed by atoms with Crippen molar-refractivity contribution in [3.05, 3.63) is 121 Å². The van der Waals surface area contributed by atoms with Crippen LogP contribution in [0.2, 0.25) is 0 Å². The van der Waals surface area contributed by atoms with Gasteiger partial charge in [-0.3, -0.25) is 14.7 Å². The SMILES string of the molecule is O=S(=O)(Nc1cccc(-c2cc(Cc3ccncc3)cc3cccnc23)c1)c1ccccc1. The van der Waals surface area contributed by atoms with Gasteiger partial charge in [-0.25, -0.2) is 8.42 Å². The molecule has 5 rings (SSSR count). The molecule has 0 aliphatic carbocycles. The van der Waals surface area contributed by atoms with Gasteiger partial charge in [0.15, 0.2) is 0 Å². The van der Waals surface area contributed by atoms with E-state index < -0.39 is 10.0 Å². The van der Waals surface area contributed by atoms with Crippen LogP contribution in [0, 0.1) is 0 Å². The van der Waals surface area contributed by atoms with Gasteiger partial charge in [0.1, 0.15) is 0 Å². The normalized spacial score (nSPS) is 11.4. The number of nitrogens with zero attached hydrogens (tertiary/aromatic N) is 2. The number of benzene rings is 3. The zero-order valence-electron chi connectivity index (χ0n) is 17.7. The number of rotatable bonds is 6. The lowest BCUT2D eigenvalue weighted by molar-refractivity contribution is 0.601. The van der Waals surface area contributed by atoms with Gasteiger partial charge in [0.2, 0.25) is 0 Å². The number of nitrogens with one attached hydrogen (secondary N) is 1. The highest BCUT2D eigenvalue weighted by molar-refractivity contribution is 7.92. The second-order valence-corrected chi connectivity index (χ2v) is 9.43. The first-order chi connectivity index (χ1) is 16.1. The van der Waals surface area contributed by atoms with Gasteiger partial charge in [0, 0.05) is 35.2 Å². The van der Waals surface area contributed by atoms with Gasteiger partial charge in [-0.05, 0) is 77.7 Å². The molecule has 2 heterocycles. The molecule has 0 spiro atoms. The summed E-state index contributed by atoms with van der Waals surface area (Å²) in [5.74, 6) is 0. The van der Waals surface area contributed by atoms with Crippen molar-refractivity contribution in [2.24, 2.45) is 0 Å². The quantitative estimate of drug-likeness (QED) is 0.360. The Morgan fingerprint density at radius 3 is 2.36 bits per heavy atom. The van der Waals surface area contributed by atoms with E-state index in [1.165, 1.54) is 5.56 Å². The summed E-state index contributed by atoms with van der Waals surface area (Å²) in [7, 11) is -3.68. The van der Waals surface area contributed by atoms with Crippen molar-refractivity contribution in [2.75, 3.05) is 4.72 Å². The molecule has 0 saturated carbocycles. The van der Waals surface area contributed by atoms with Crippen LogP contribution in [0.25, 0.3) is 22.0 Å². The van der Waals surface area contributed by atoms with Crippen LogP contribution in [0.15, 0.2) is 114 Å². The predicted octanol–water partition coefficient (Wildman–Crippen LogP) is 5.69. The minimum absolute atomic E-state index is 0.224. The standard InChI is InChI=1S/C27H21N3O2S/c31-33(32,25-9-2-1-3-10-25)30-24-8-4-6-22(19-24)26-18-21(16-20-11-14-28-15-12-20)17-23-7-5-13-29-27(23)26/h1-15,17-19,30H,16H2. The zero-order valence-corrected chi connectivity index (χ0v) is 18.5. The van der Waals surface area contributed by atoms with E-state index in [2.05, 4.69) is 26.8 Å². The number of sulfonamides is 1. The molecule has 0 fully saturated rings. The molecule has 0 unspecified atom stereocenters. The highest BCUT2D eigenvalue weighted by Crippen LogP contribution is 2.31. The molecule has 1 N–H and O–H groups in total. The molecule has 162 valence electrons. The fourth-order valence-electron chi connectivity index (χ4n) is 3.88. The molecule has 2 aromatic heterocycles. The Balaban J connectivity index is 1.55. The number of pyridine rings is 2. The highest BCUT2D eigenvalue weighted by Gasteiger charge is 2.15. The van der Waals surface area contributed by atoms with Gasteiger partial charge in [-0.1, -0.05) is 36.4 Å². The molecule has 0 saturated heterocycles. The van der Waals surface area contributed by atoms with Crippen molar-refractivity contribution in [2.45, 2.75) is 11.3 Å². The fourth-order valence-corrected chi connectivity index (χ4v) is 4.95. The largest absolute Gasteiger partial charge is 0.280 e. The van der Waals surface area contributed by atoms with Crippen molar-refractivity contribution >= 4 is 26.6 Å². The summed E-state index contributed by atoms with van der Waals surface area (Å²) in [5.41, 5.74) is 5.54. The summed E-state index contributed by atoms with van der Waals surface area (Å²) >= 11 is 0. The van der Waals surface area contributed by atoms with Crippen LogP contribution >= 0.6 is 0 Å². The topological polar surface area (TPSA) is 72.0 Å². The molecular weight excluding hydrogens is 430 g/mol.